The van der Waals surface area contributed by atoms with Crippen LogP contribution in [0.15, 0.2) is 30.0 Å². The zero-order valence-electron chi connectivity index (χ0n) is 18.9. The SMILES string of the molecule is COc1cc(/C=C2\Oc3c(ccc(O)c3CN3CCCC[C@H]3C)C2=O)cc(OC)c1OC. The number of phenolic OH excluding ortho intramolecular Hbond substituents is 1. The van der Waals surface area contributed by atoms with Crippen LogP contribution in [0.2, 0.25) is 0 Å². The standard InChI is InChI=1S/C25H29NO6/c1-15-7-5-6-10-26(15)14-18-19(27)9-8-17-23(28)20(32-24(17)18)11-16-12-21(29-2)25(31-4)22(13-16)30-3/h8-9,11-13,15,27H,5-7,10,14H2,1-4H3/b20-11-/t15-/m1/s1. The van der Waals surface area contributed by atoms with Crippen LogP contribution in [-0.4, -0.2) is 49.7 Å². The third kappa shape index (κ3) is 4.00. The van der Waals surface area contributed by atoms with Crippen LogP contribution in [0.3, 0.4) is 0 Å². The highest BCUT2D eigenvalue weighted by molar-refractivity contribution is 6.15. The average molecular weight is 440 g/mol. The van der Waals surface area contributed by atoms with E-state index in [4.69, 9.17) is 18.9 Å². The lowest BCUT2D eigenvalue weighted by atomic mass is 10.0. The van der Waals surface area contributed by atoms with Gasteiger partial charge in [0.1, 0.15) is 11.5 Å². The van der Waals surface area contributed by atoms with Gasteiger partial charge < -0.3 is 24.1 Å². The highest BCUT2D eigenvalue weighted by atomic mass is 16.5. The van der Waals surface area contributed by atoms with Gasteiger partial charge in [0.15, 0.2) is 17.3 Å². The molecule has 0 amide bonds. The van der Waals surface area contributed by atoms with Crippen LogP contribution < -0.4 is 18.9 Å². The molecule has 32 heavy (non-hydrogen) atoms. The number of ketones is 1. The molecule has 2 aromatic rings. The predicted octanol–water partition coefficient (Wildman–Crippen LogP) is 4.41. The van der Waals surface area contributed by atoms with Crippen LogP contribution >= 0.6 is 0 Å². The van der Waals surface area contributed by atoms with E-state index in [0.29, 0.717) is 52.3 Å². The smallest absolute Gasteiger partial charge is 0.231 e. The zero-order chi connectivity index (χ0) is 22.8. The number of hydrogen-bond donors (Lipinski definition) is 1. The molecule has 0 saturated carbocycles. The minimum atomic E-state index is -0.221. The van der Waals surface area contributed by atoms with Crippen molar-refractivity contribution in [3.8, 4) is 28.7 Å². The number of allylic oxidation sites excluding steroid dienone is 1. The highest BCUT2D eigenvalue weighted by Crippen LogP contribution is 2.42. The molecule has 0 bridgehead atoms. The fourth-order valence-electron chi connectivity index (χ4n) is 4.38. The monoisotopic (exact) mass is 439 g/mol. The Balaban J connectivity index is 1.68. The predicted molar refractivity (Wildman–Crippen MR) is 121 cm³/mol. The number of nitrogens with zero attached hydrogens (tertiary/aromatic N) is 1. The molecule has 1 atom stereocenters. The Morgan fingerprint density at radius 1 is 1.12 bits per heavy atom. The summed E-state index contributed by atoms with van der Waals surface area (Å²) in [7, 11) is 4.62. The Morgan fingerprint density at radius 3 is 2.47 bits per heavy atom. The zero-order valence-corrected chi connectivity index (χ0v) is 18.9. The van der Waals surface area contributed by atoms with E-state index in [1.807, 2.05) is 0 Å². The number of ether oxygens (including phenoxy) is 4. The van der Waals surface area contributed by atoms with Crippen LogP contribution in [-0.2, 0) is 6.54 Å². The summed E-state index contributed by atoms with van der Waals surface area (Å²) in [6, 6.07) is 7.12. The van der Waals surface area contributed by atoms with Crippen LogP contribution in [0, 0.1) is 0 Å². The summed E-state index contributed by atoms with van der Waals surface area (Å²) in [5, 5.41) is 10.6. The van der Waals surface area contributed by atoms with Gasteiger partial charge in [-0.1, -0.05) is 6.42 Å². The molecule has 7 nitrogen and oxygen atoms in total. The second-order valence-electron chi connectivity index (χ2n) is 8.15. The summed E-state index contributed by atoms with van der Waals surface area (Å²) in [6.45, 7) is 3.70. The molecule has 0 spiro atoms. The maximum absolute atomic E-state index is 13.1. The van der Waals surface area contributed by atoms with Crippen molar-refractivity contribution >= 4 is 11.9 Å². The largest absolute Gasteiger partial charge is 0.507 e. The topological polar surface area (TPSA) is 77.5 Å². The molecule has 1 fully saturated rings. The molecule has 2 heterocycles. The Kier molecular flexibility index (Phi) is 6.28. The maximum atomic E-state index is 13.1. The van der Waals surface area contributed by atoms with Crippen molar-refractivity contribution in [2.45, 2.75) is 38.8 Å². The Hall–Kier alpha value is -3.19. The molecule has 0 radical (unpaired) electrons. The van der Waals surface area contributed by atoms with E-state index in [1.165, 1.54) is 27.8 Å². The second kappa shape index (κ2) is 9.12. The number of carbonyl (C=O) groups excluding carboxylic acids is 1. The molecule has 2 aromatic carbocycles. The molecule has 1 N–H and O–H groups in total. The number of carbonyl (C=O) groups is 1. The molecule has 0 aromatic heterocycles. The first-order chi connectivity index (χ1) is 15.5. The van der Waals surface area contributed by atoms with E-state index in [2.05, 4.69) is 11.8 Å². The number of rotatable bonds is 6. The van der Waals surface area contributed by atoms with Gasteiger partial charge in [-0.05, 0) is 62.2 Å². The van der Waals surface area contributed by atoms with E-state index < -0.39 is 0 Å². The molecule has 2 aliphatic rings. The average Bonchev–Trinajstić information content (AvgIpc) is 3.11. The number of hydrogen-bond acceptors (Lipinski definition) is 7. The van der Waals surface area contributed by atoms with Crippen molar-refractivity contribution in [3.63, 3.8) is 0 Å². The van der Waals surface area contributed by atoms with E-state index in [0.717, 1.165) is 19.4 Å². The molecule has 1 saturated heterocycles. The maximum Gasteiger partial charge on any atom is 0.231 e. The van der Waals surface area contributed by atoms with Crippen molar-refractivity contribution in [3.05, 3.63) is 46.7 Å². The third-order valence-corrected chi connectivity index (χ3v) is 6.20. The molecule has 7 heteroatoms. The van der Waals surface area contributed by atoms with Gasteiger partial charge in [0, 0.05) is 12.6 Å². The van der Waals surface area contributed by atoms with Crippen molar-refractivity contribution < 1.29 is 28.8 Å². The minimum Gasteiger partial charge on any atom is -0.507 e. The van der Waals surface area contributed by atoms with Gasteiger partial charge in [0.05, 0.1) is 32.5 Å². The van der Waals surface area contributed by atoms with Gasteiger partial charge in [0.25, 0.3) is 0 Å². The van der Waals surface area contributed by atoms with E-state index >= 15 is 0 Å². The van der Waals surface area contributed by atoms with Crippen LogP contribution in [0.4, 0.5) is 0 Å². The quantitative estimate of drug-likeness (QED) is 0.668. The molecular weight excluding hydrogens is 410 g/mol. The number of aromatic hydroxyl groups is 1. The van der Waals surface area contributed by atoms with Crippen LogP contribution in [0.1, 0.15) is 47.7 Å². The normalized spacial score (nSPS) is 19.6. The lowest BCUT2D eigenvalue weighted by molar-refractivity contribution is 0.101. The number of phenols is 1. The minimum absolute atomic E-state index is 0.142. The third-order valence-electron chi connectivity index (χ3n) is 6.20. The van der Waals surface area contributed by atoms with E-state index in [1.54, 1.807) is 30.3 Å². The Bertz CT molecular complexity index is 1040. The van der Waals surface area contributed by atoms with Crippen LogP contribution in [0.25, 0.3) is 6.08 Å². The number of methoxy groups -OCH3 is 3. The second-order valence-corrected chi connectivity index (χ2v) is 8.15. The molecule has 170 valence electrons. The summed E-state index contributed by atoms with van der Waals surface area (Å²) < 4.78 is 22.2. The van der Waals surface area contributed by atoms with Crippen molar-refractivity contribution in [1.29, 1.82) is 0 Å². The molecule has 0 aliphatic carbocycles. The van der Waals surface area contributed by atoms with Crippen molar-refractivity contribution in [2.75, 3.05) is 27.9 Å². The van der Waals surface area contributed by atoms with E-state index in [9.17, 15) is 9.90 Å². The van der Waals surface area contributed by atoms with Crippen molar-refractivity contribution in [2.24, 2.45) is 0 Å². The first-order valence-electron chi connectivity index (χ1n) is 10.8. The fraction of sp³-hybridized carbons (Fsp3) is 0.400. The lowest BCUT2D eigenvalue weighted by Crippen LogP contribution is -2.36. The Labute approximate surface area is 188 Å². The van der Waals surface area contributed by atoms with Gasteiger partial charge in [-0.25, -0.2) is 0 Å². The number of piperidine rings is 1. The Morgan fingerprint density at radius 2 is 1.84 bits per heavy atom. The van der Waals surface area contributed by atoms with Gasteiger partial charge >= 0.3 is 0 Å². The molecule has 0 unspecified atom stereocenters. The fourth-order valence-corrected chi connectivity index (χ4v) is 4.38. The first-order valence-corrected chi connectivity index (χ1v) is 10.8. The number of benzene rings is 2. The van der Waals surface area contributed by atoms with Gasteiger partial charge in [-0.3, -0.25) is 9.69 Å². The van der Waals surface area contributed by atoms with Crippen LogP contribution in [0.5, 0.6) is 28.7 Å². The highest BCUT2D eigenvalue weighted by Gasteiger charge is 2.32. The van der Waals surface area contributed by atoms with Gasteiger partial charge in [-0.15, -0.1) is 0 Å². The summed E-state index contributed by atoms with van der Waals surface area (Å²) in [5.41, 5.74) is 1.78. The lowest BCUT2D eigenvalue weighted by Gasteiger charge is -2.33. The summed E-state index contributed by atoms with van der Waals surface area (Å²) in [5.74, 6) is 1.99. The summed E-state index contributed by atoms with van der Waals surface area (Å²) in [4.78, 5) is 15.4. The molecule has 4 rings (SSSR count). The number of likely N-dealkylation sites (tertiary alicyclic amines) is 1. The number of fused-ring (bicyclic) bond motifs is 1. The first kappa shape index (κ1) is 22.0. The summed E-state index contributed by atoms with van der Waals surface area (Å²) >= 11 is 0. The number of Topliss-reactive ketones (excluding diaryl/α,β-unsaturated/α-hetero) is 1. The van der Waals surface area contributed by atoms with Gasteiger partial charge in [0.2, 0.25) is 11.5 Å². The van der Waals surface area contributed by atoms with Crippen molar-refractivity contribution in [1.82, 2.24) is 4.90 Å². The van der Waals surface area contributed by atoms with Gasteiger partial charge in [-0.2, -0.15) is 0 Å². The van der Waals surface area contributed by atoms with E-state index in [-0.39, 0.29) is 17.3 Å². The molecular formula is C25H29NO6. The summed E-state index contributed by atoms with van der Waals surface area (Å²) in [6.07, 6.45) is 5.12. The molecule has 2 aliphatic heterocycles.